The molecule has 0 spiro atoms. The van der Waals surface area contributed by atoms with Crippen molar-refractivity contribution in [1.29, 1.82) is 0 Å². The summed E-state index contributed by atoms with van der Waals surface area (Å²) < 4.78 is 48.5. The fourth-order valence-corrected chi connectivity index (χ4v) is 0.740. The quantitative estimate of drug-likeness (QED) is 0.752. The van der Waals surface area contributed by atoms with Gasteiger partial charge in [0.15, 0.2) is 0 Å². The van der Waals surface area contributed by atoms with E-state index in [1.165, 1.54) is 20.8 Å². The Morgan fingerprint density at radius 3 is 1.93 bits per heavy atom. The fourth-order valence-electron chi connectivity index (χ4n) is 0.740. The molecule has 0 heterocycles. The number of alkyl halides is 4. The standard InChI is InChI=1S/C9H14F4O2/c1-8(2,3)5(14)4-6(15)9(12,13)7(10)11/h5,7,14H,4H2,1-3H3/t5-/m1/s1. The molecular weight excluding hydrogens is 216 g/mol. The Morgan fingerprint density at radius 2 is 1.67 bits per heavy atom. The second-order valence-electron chi connectivity index (χ2n) is 4.43. The highest BCUT2D eigenvalue weighted by Gasteiger charge is 2.49. The average Bonchev–Trinajstić information content (AvgIpc) is 2.01. The van der Waals surface area contributed by atoms with E-state index in [1.807, 2.05) is 0 Å². The van der Waals surface area contributed by atoms with Gasteiger partial charge in [-0.15, -0.1) is 0 Å². The molecule has 0 aliphatic rings. The molecule has 0 rings (SSSR count). The lowest BCUT2D eigenvalue weighted by atomic mass is 9.85. The monoisotopic (exact) mass is 230 g/mol. The van der Waals surface area contributed by atoms with Crippen molar-refractivity contribution in [3.63, 3.8) is 0 Å². The number of carbonyl (C=O) groups is 1. The summed E-state index contributed by atoms with van der Waals surface area (Å²) in [5.41, 5.74) is -0.798. The molecule has 0 radical (unpaired) electrons. The number of halogens is 4. The van der Waals surface area contributed by atoms with Gasteiger partial charge in [-0.05, 0) is 5.41 Å². The summed E-state index contributed by atoms with van der Waals surface area (Å²) in [6.07, 6.45) is -6.37. The molecule has 6 heteroatoms. The summed E-state index contributed by atoms with van der Waals surface area (Å²) in [5.74, 6) is -6.60. The van der Waals surface area contributed by atoms with Gasteiger partial charge in [-0.1, -0.05) is 20.8 Å². The largest absolute Gasteiger partial charge is 0.392 e. The first-order valence-corrected chi connectivity index (χ1v) is 4.37. The minimum atomic E-state index is -4.67. The molecule has 0 aromatic rings. The van der Waals surface area contributed by atoms with Crippen LogP contribution in [0.3, 0.4) is 0 Å². The highest BCUT2D eigenvalue weighted by molar-refractivity contribution is 5.86. The van der Waals surface area contributed by atoms with E-state index in [-0.39, 0.29) is 0 Å². The number of aliphatic hydroxyl groups is 1. The highest BCUT2D eigenvalue weighted by Crippen LogP contribution is 2.29. The Morgan fingerprint density at radius 1 is 1.27 bits per heavy atom. The predicted octanol–water partition coefficient (Wildman–Crippen LogP) is 2.25. The van der Waals surface area contributed by atoms with E-state index in [2.05, 4.69) is 0 Å². The van der Waals surface area contributed by atoms with E-state index in [0.717, 1.165) is 0 Å². The molecule has 0 fully saturated rings. The van der Waals surface area contributed by atoms with E-state index < -0.39 is 36.1 Å². The van der Waals surface area contributed by atoms with Gasteiger partial charge in [0.25, 0.3) is 0 Å². The van der Waals surface area contributed by atoms with Gasteiger partial charge in [-0.3, -0.25) is 4.79 Å². The summed E-state index contributed by atoms with van der Waals surface area (Å²) in [5, 5.41) is 9.30. The maximum Gasteiger partial charge on any atom is 0.364 e. The Bertz CT molecular complexity index is 233. The minimum Gasteiger partial charge on any atom is -0.392 e. The molecule has 0 amide bonds. The van der Waals surface area contributed by atoms with Crippen LogP contribution in [-0.4, -0.2) is 29.3 Å². The summed E-state index contributed by atoms with van der Waals surface area (Å²) in [4.78, 5) is 10.8. The number of carbonyl (C=O) groups excluding carboxylic acids is 1. The third kappa shape index (κ3) is 3.77. The van der Waals surface area contributed by atoms with Crippen LogP contribution in [0, 0.1) is 5.41 Å². The van der Waals surface area contributed by atoms with E-state index in [0.29, 0.717) is 0 Å². The molecule has 15 heavy (non-hydrogen) atoms. The summed E-state index contributed by atoms with van der Waals surface area (Å²) >= 11 is 0. The van der Waals surface area contributed by atoms with E-state index in [1.54, 1.807) is 0 Å². The van der Waals surface area contributed by atoms with Gasteiger partial charge in [-0.25, -0.2) is 8.78 Å². The first-order chi connectivity index (χ1) is 6.49. The Hall–Kier alpha value is -0.650. The SMILES string of the molecule is CC(C)(C)[C@H](O)CC(=O)C(F)(F)C(F)F. The van der Waals surface area contributed by atoms with Gasteiger partial charge in [0.1, 0.15) is 0 Å². The van der Waals surface area contributed by atoms with Gasteiger partial charge in [0.05, 0.1) is 6.10 Å². The number of Topliss-reactive ketones (excluding diaryl/α,β-unsaturated/α-hetero) is 1. The van der Waals surface area contributed by atoms with Crippen LogP contribution in [0.4, 0.5) is 17.6 Å². The third-order valence-corrected chi connectivity index (χ3v) is 2.02. The molecule has 2 nitrogen and oxygen atoms in total. The normalized spacial score (nSPS) is 15.5. The molecule has 0 bridgehead atoms. The number of ketones is 1. The molecule has 0 saturated carbocycles. The van der Waals surface area contributed by atoms with Crippen LogP contribution < -0.4 is 0 Å². The van der Waals surface area contributed by atoms with Crippen molar-refractivity contribution in [2.75, 3.05) is 0 Å². The summed E-state index contributed by atoms with van der Waals surface area (Å²) in [7, 11) is 0. The third-order valence-electron chi connectivity index (χ3n) is 2.02. The number of rotatable bonds is 4. The van der Waals surface area contributed by atoms with Crippen LogP contribution in [0.2, 0.25) is 0 Å². The van der Waals surface area contributed by atoms with Crippen molar-refractivity contribution >= 4 is 5.78 Å². The fraction of sp³-hybridized carbons (Fsp3) is 0.889. The van der Waals surface area contributed by atoms with Crippen LogP contribution in [-0.2, 0) is 4.79 Å². The van der Waals surface area contributed by atoms with Crippen molar-refractivity contribution in [3.05, 3.63) is 0 Å². The van der Waals surface area contributed by atoms with Crippen LogP contribution in [0.15, 0.2) is 0 Å². The second kappa shape index (κ2) is 4.47. The Kier molecular flexibility index (Phi) is 4.27. The molecule has 1 N–H and O–H groups in total. The van der Waals surface area contributed by atoms with Gasteiger partial charge < -0.3 is 5.11 Å². The average molecular weight is 230 g/mol. The zero-order chi connectivity index (χ0) is 12.4. The second-order valence-corrected chi connectivity index (χ2v) is 4.43. The molecule has 0 unspecified atom stereocenters. The smallest absolute Gasteiger partial charge is 0.364 e. The lowest BCUT2D eigenvalue weighted by molar-refractivity contribution is -0.170. The maximum atomic E-state index is 12.5. The van der Waals surface area contributed by atoms with Gasteiger partial charge in [-0.2, -0.15) is 8.78 Å². The van der Waals surface area contributed by atoms with Crippen molar-refractivity contribution in [2.24, 2.45) is 5.41 Å². The van der Waals surface area contributed by atoms with E-state index in [4.69, 9.17) is 0 Å². The lowest BCUT2D eigenvalue weighted by Gasteiger charge is -2.26. The van der Waals surface area contributed by atoms with Crippen LogP contribution in [0.5, 0.6) is 0 Å². The van der Waals surface area contributed by atoms with Crippen molar-refractivity contribution < 1.29 is 27.5 Å². The molecule has 1 atom stereocenters. The molecule has 0 aromatic heterocycles. The van der Waals surface area contributed by atoms with Crippen LogP contribution in [0.25, 0.3) is 0 Å². The molecule has 90 valence electrons. The van der Waals surface area contributed by atoms with E-state index in [9.17, 15) is 27.5 Å². The van der Waals surface area contributed by atoms with Crippen molar-refractivity contribution in [2.45, 2.75) is 45.6 Å². The number of hydrogen-bond donors (Lipinski definition) is 1. The zero-order valence-electron chi connectivity index (χ0n) is 8.73. The topological polar surface area (TPSA) is 37.3 Å². The van der Waals surface area contributed by atoms with Gasteiger partial charge in [0, 0.05) is 6.42 Å². The van der Waals surface area contributed by atoms with E-state index >= 15 is 0 Å². The molecule has 0 saturated heterocycles. The van der Waals surface area contributed by atoms with Crippen LogP contribution >= 0.6 is 0 Å². The number of aliphatic hydroxyl groups excluding tert-OH is 1. The molecule has 0 aliphatic carbocycles. The zero-order valence-corrected chi connectivity index (χ0v) is 8.73. The van der Waals surface area contributed by atoms with Crippen LogP contribution in [0.1, 0.15) is 27.2 Å². The summed E-state index contributed by atoms with van der Waals surface area (Å²) in [6.45, 7) is 4.56. The van der Waals surface area contributed by atoms with Crippen molar-refractivity contribution in [3.8, 4) is 0 Å². The maximum absolute atomic E-state index is 12.5. The first kappa shape index (κ1) is 14.3. The lowest BCUT2D eigenvalue weighted by Crippen LogP contribution is -2.40. The van der Waals surface area contributed by atoms with Gasteiger partial charge >= 0.3 is 12.3 Å². The Labute approximate surface area is 85.3 Å². The molecule has 0 aliphatic heterocycles. The number of hydrogen-bond acceptors (Lipinski definition) is 2. The Balaban J connectivity index is 4.51. The molecular formula is C9H14F4O2. The highest BCUT2D eigenvalue weighted by atomic mass is 19.3. The predicted molar refractivity (Wildman–Crippen MR) is 46.0 cm³/mol. The minimum absolute atomic E-state index is 0.798. The first-order valence-electron chi connectivity index (χ1n) is 4.37. The summed E-state index contributed by atoms with van der Waals surface area (Å²) in [6, 6.07) is 0. The van der Waals surface area contributed by atoms with Gasteiger partial charge in [0.2, 0.25) is 5.78 Å². The molecule has 0 aromatic carbocycles. The van der Waals surface area contributed by atoms with Crippen molar-refractivity contribution in [1.82, 2.24) is 0 Å².